The second-order valence-electron chi connectivity index (χ2n) is 5.19. The second-order valence-corrected chi connectivity index (χ2v) is 5.19. The van der Waals surface area contributed by atoms with E-state index in [9.17, 15) is 14.9 Å². The van der Waals surface area contributed by atoms with E-state index in [1.165, 1.54) is 25.3 Å². The van der Waals surface area contributed by atoms with Gasteiger partial charge in [-0.15, -0.1) is 12.4 Å². The number of halogens is 1. The predicted octanol–water partition coefficient (Wildman–Crippen LogP) is 1.75. The molecule has 2 unspecified atom stereocenters. The van der Waals surface area contributed by atoms with Crippen LogP contribution in [0.1, 0.15) is 23.7 Å². The minimum absolute atomic E-state index is 0. The third-order valence-electron chi connectivity index (χ3n) is 3.74. The van der Waals surface area contributed by atoms with E-state index < -0.39 is 4.92 Å². The highest BCUT2D eigenvalue weighted by Crippen LogP contribution is 2.24. The van der Waals surface area contributed by atoms with Crippen LogP contribution >= 0.6 is 12.4 Å². The number of non-ortho nitro benzene ring substituents is 1. The molecule has 122 valence electrons. The van der Waals surface area contributed by atoms with Crippen LogP contribution in [0, 0.1) is 16.0 Å². The van der Waals surface area contributed by atoms with Crippen LogP contribution in [0.4, 0.5) is 5.69 Å². The highest BCUT2D eigenvalue weighted by Gasteiger charge is 2.25. The van der Waals surface area contributed by atoms with E-state index in [0.29, 0.717) is 11.7 Å². The van der Waals surface area contributed by atoms with Crippen LogP contribution in [0.15, 0.2) is 18.2 Å². The summed E-state index contributed by atoms with van der Waals surface area (Å²) in [5.41, 5.74) is 0.0664. The molecule has 0 radical (unpaired) electrons. The number of amides is 1. The molecule has 0 aromatic heterocycles. The Hall–Kier alpha value is -1.86. The minimum Gasteiger partial charge on any atom is -0.496 e. The normalized spacial score (nSPS) is 20.6. The first-order chi connectivity index (χ1) is 10.0. The average Bonchev–Trinajstić information content (AvgIpc) is 2.48. The maximum absolute atomic E-state index is 12.4. The van der Waals surface area contributed by atoms with Crippen molar-refractivity contribution in [2.45, 2.75) is 19.4 Å². The summed E-state index contributed by atoms with van der Waals surface area (Å²) in [6, 6.07) is 4.07. The van der Waals surface area contributed by atoms with Crippen molar-refractivity contribution >= 4 is 24.0 Å². The lowest BCUT2D eigenvalue weighted by molar-refractivity contribution is -0.384. The third kappa shape index (κ3) is 4.08. The van der Waals surface area contributed by atoms with Crippen molar-refractivity contribution in [2.24, 2.45) is 5.92 Å². The summed E-state index contributed by atoms with van der Waals surface area (Å²) in [6.07, 6.45) is 0.837. The summed E-state index contributed by atoms with van der Waals surface area (Å²) in [4.78, 5) is 22.7. The van der Waals surface area contributed by atoms with Crippen LogP contribution in [0.5, 0.6) is 5.75 Å². The first kappa shape index (κ1) is 18.2. The summed E-state index contributed by atoms with van der Waals surface area (Å²) in [6.45, 7) is 3.75. The maximum Gasteiger partial charge on any atom is 0.270 e. The molecular formula is C14H20ClN3O4. The van der Waals surface area contributed by atoms with E-state index in [2.05, 4.69) is 17.6 Å². The van der Waals surface area contributed by atoms with E-state index in [1.54, 1.807) is 0 Å². The van der Waals surface area contributed by atoms with Gasteiger partial charge in [0.25, 0.3) is 11.6 Å². The molecule has 2 rings (SSSR count). The van der Waals surface area contributed by atoms with Gasteiger partial charge in [0, 0.05) is 18.2 Å². The Morgan fingerprint density at radius 3 is 2.82 bits per heavy atom. The van der Waals surface area contributed by atoms with Gasteiger partial charge in [-0.2, -0.15) is 0 Å². The van der Waals surface area contributed by atoms with E-state index in [0.717, 1.165) is 19.5 Å². The molecule has 1 amide bonds. The quantitative estimate of drug-likeness (QED) is 0.648. The van der Waals surface area contributed by atoms with Gasteiger partial charge >= 0.3 is 0 Å². The van der Waals surface area contributed by atoms with Gasteiger partial charge in [0.15, 0.2) is 0 Å². The van der Waals surface area contributed by atoms with Crippen molar-refractivity contribution < 1.29 is 14.5 Å². The molecule has 7 nitrogen and oxygen atoms in total. The summed E-state index contributed by atoms with van der Waals surface area (Å²) in [7, 11) is 1.44. The van der Waals surface area contributed by atoms with Crippen molar-refractivity contribution in [1.29, 1.82) is 0 Å². The highest BCUT2D eigenvalue weighted by molar-refractivity contribution is 5.97. The summed E-state index contributed by atoms with van der Waals surface area (Å²) >= 11 is 0. The number of carbonyl (C=O) groups excluding carboxylic acids is 1. The van der Waals surface area contributed by atoms with Crippen molar-refractivity contribution in [1.82, 2.24) is 10.6 Å². The van der Waals surface area contributed by atoms with Crippen molar-refractivity contribution in [2.75, 3.05) is 20.2 Å². The van der Waals surface area contributed by atoms with Crippen molar-refractivity contribution in [3.05, 3.63) is 33.9 Å². The molecule has 1 heterocycles. The van der Waals surface area contributed by atoms with Crippen LogP contribution < -0.4 is 15.4 Å². The SMILES string of the molecule is COc1ccc([N+](=O)[O-])cc1C(=O)NC1CCNCC1C.Cl. The summed E-state index contributed by atoms with van der Waals surface area (Å²) in [5, 5.41) is 17.0. The Balaban J connectivity index is 0.00000242. The molecule has 2 N–H and O–H groups in total. The number of carbonyl (C=O) groups is 1. The van der Waals surface area contributed by atoms with Crippen LogP contribution in [0.25, 0.3) is 0 Å². The molecule has 2 atom stereocenters. The fourth-order valence-corrected chi connectivity index (χ4v) is 2.46. The van der Waals surface area contributed by atoms with Gasteiger partial charge < -0.3 is 15.4 Å². The van der Waals surface area contributed by atoms with Crippen LogP contribution in [-0.2, 0) is 0 Å². The molecule has 8 heteroatoms. The smallest absolute Gasteiger partial charge is 0.270 e. The van der Waals surface area contributed by atoms with Crippen molar-refractivity contribution in [3.63, 3.8) is 0 Å². The monoisotopic (exact) mass is 329 g/mol. The maximum atomic E-state index is 12.4. The molecule has 1 aromatic rings. The summed E-state index contributed by atoms with van der Waals surface area (Å²) in [5.74, 6) is 0.307. The first-order valence-corrected chi connectivity index (χ1v) is 6.87. The van der Waals surface area contributed by atoms with Crippen LogP contribution in [0.2, 0.25) is 0 Å². The van der Waals surface area contributed by atoms with E-state index in [1.807, 2.05) is 0 Å². The largest absolute Gasteiger partial charge is 0.496 e. The number of hydrogen-bond donors (Lipinski definition) is 2. The fraction of sp³-hybridized carbons (Fsp3) is 0.500. The number of nitrogens with one attached hydrogen (secondary N) is 2. The molecule has 0 spiro atoms. The number of piperidine rings is 1. The van der Waals surface area contributed by atoms with Crippen LogP contribution in [0.3, 0.4) is 0 Å². The van der Waals surface area contributed by atoms with E-state index >= 15 is 0 Å². The standard InChI is InChI=1S/C14H19N3O4.ClH/c1-9-8-15-6-5-12(9)16-14(18)11-7-10(17(19)20)3-4-13(11)21-2;/h3-4,7,9,12,15H,5-6,8H2,1-2H3,(H,16,18);1H. The number of benzene rings is 1. The summed E-state index contributed by atoms with van der Waals surface area (Å²) < 4.78 is 5.12. The van der Waals surface area contributed by atoms with Crippen molar-refractivity contribution in [3.8, 4) is 5.75 Å². The Labute approximate surface area is 135 Å². The van der Waals surface area contributed by atoms with Gasteiger partial charge in [0.05, 0.1) is 17.6 Å². The van der Waals surface area contributed by atoms with Gasteiger partial charge in [0.1, 0.15) is 5.75 Å². The van der Waals surface area contributed by atoms with E-state index in [4.69, 9.17) is 4.74 Å². The minimum atomic E-state index is -0.524. The Kier molecular flexibility index (Phi) is 6.58. The topological polar surface area (TPSA) is 93.5 Å². The molecule has 0 aliphatic carbocycles. The number of nitrogens with zero attached hydrogens (tertiary/aromatic N) is 1. The lowest BCUT2D eigenvalue weighted by Gasteiger charge is -2.30. The zero-order chi connectivity index (χ0) is 15.4. The molecule has 1 fully saturated rings. The number of rotatable bonds is 4. The Bertz CT molecular complexity index is 553. The van der Waals surface area contributed by atoms with Gasteiger partial charge in [-0.1, -0.05) is 6.92 Å². The molecule has 22 heavy (non-hydrogen) atoms. The van der Waals surface area contributed by atoms with Gasteiger partial charge in [-0.25, -0.2) is 0 Å². The molecule has 0 saturated carbocycles. The number of ether oxygens (including phenoxy) is 1. The molecule has 1 saturated heterocycles. The average molecular weight is 330 g/mol. The zero-order valence-corrected chi connectivity index (χ0v) is 13.3. The second kappa shape index (κ2) is 7.95. The molecular weight excluding hydrogens is 310 g/mol. The lowest BCUT2D eigenvalue weighted by atomic mass is 9.95. The van der Waals surface area contributed by atoms with Crippen LogP contribution in [-0.4, -0.2) is 37.1 Å². The molecule has 0 bridgehead atoms. The molecule has 1 aliphatic heterocycles. The highest BCUT2D eigenvalue weighted by atomic mass is 35.5. The van der Waals surface area contributed by atoms with Gasteiger partial charge in [-0.3, -0.25) is 14.9 Å². The fourth-order valence-electron chi connectivity index (χ4n) is 2.46. The Morgan fingerprint density at radius 1 is 1.50 bits per heavy atom. The third-order valence-corrected chi connectivity index (χ3v) is 3.74. The number of nitro benzene ring substituents is 1. The van der Waals surface area contributed by atoms with Gasteiger partial charge in [-0.05, 0) is 31.5 Å². The number of nitro groups is 1. The Morgan fingerprint density at radius 2 is 2.23 bits per heavy atom. The molecule has 1 aliphatic rings. The predicted molar refractivity (Wildman–Crippen MR) is 84.8 cm³/mol. The number of methoxy groups -OCH3 is 1. The lowest BCUT2D eigenvalue weighted by Crippen LogP contribution is -2.48. The van der Waals surface area contributed by atoms with Gasteiger partial charge in [0.2, 0.25) is 0 Å². The number of hydrogen-bond acceptors (Lipinski definition) is 5. The zero-order valence-electron chi connectivity index (χ0n) is 12.5. The first-order valence-electron chi connectivity index (χ1n) is 6.87. The molecule has 1 aromatic carbocycles. The van der Waals surface area contributed by atoms with E-state index in [-0.39, 0.29) is 35.6 Å².